The summed E-state index contributed by atoms with van der Waals surface area (Å²) in [5.74, 6) is -0.330. The number of piperidine rings is 1. The molecule has 1 N–H and O–H groups in total. The van der Waals surface area contributed by atoms with Gasteiger partial charge in [-0.1, -0.05) is 35.9 Å². The quantitative estimate of drug-likeness (QED) is 0.281. The first-order valence-electron chi connectivity index (χ1n) is 12.6. The van der Waals surface area contributed by atoms with E-state index in [0.29, 0.717) is 30.4 Å². The van der Waals surface area contributed by atoms with Gasteiger partial charge in [-0.3, -0.25) is 9.80 Å². The molecule has 0 saturated carbocycles. The van der Waals surface area contributed by atoms with E-state index in [0.717, 1.165) is 54.9 Å². The van der Waals surface area contributed by atoms with Crippen molar-refractivity contribution >= 4 is 29.4 Å². The van der Waals surface area contributed by atoms with Crippen LogP contribution in [-0.4, -0.2) is 42.1 Å². The minimum Gasteiger partial charge on any atom is -0.334 e. The molecule has 1 fully saturated rings. The zero-order valence-corrected chi connectivity index (χ0v) is 21.8. The van der Waals surface area contributed by atoms with Gasteiger partial charge in [0.1, 0.15) is 11.0 Å². The number of carbonyl (C=O) groups excluding carboxylic acids is 1. The standard InChI is InChI=1S/C29H27ClF4N4O/c30-26-16-21(9-12-35-26)18-36-27(39)38-19-28(24-17-23(31)7-8-25(24)38)10-14-37(15-11-28)13-1-2-20-3-5-22(6-4-20)29(32,33)34/h1-9,12,16-17H,10-11,13-15,18-19H2,(H,36,39)/b2-1+. The number of anilines is 1. The Labute approximate surface area is 229 Å². The number of urea groups is 1. The molecule has 0 aliphatic carbocycles. The van der Waals surface area contributed by atoms with Crippen LogP contribution in [0.2, 0.25) is 5.15 Å². The molecule has 0 atom stereocenters. The molecule has 1 spiro atoms. The highest BCUT2D eigenvalue weighted by atomic mass is 35.5. The van der Waals surface area contributed by atoms with Gasteiger partial charge < -0.3 is 5.32 Å². The number of carbonyl (C=O) groups is 1. The minimum absolute atomic E-state index is 0.255. The molecule has 3 aromatic rings. The summed E-state index contributed by atoms with van der Waals surface area (Å²) in [5, 5.41) is 3.29. The summed E-state index contributed by atoms with van der Waals surface area (Å²) < 4.78 is 52.6. The maximum absolute atomic E-state index is 14.3. The first kappa shape index (κ1) is 27.1. The molecule has 39 heavy (non-hydrogen) atoms. The SMILES string of the molecule is O=C(NCc1ccnc(Cl)c1)N1CC2(CCN(C/C=C/c3ccc(C(F)(F)F)cc3)CC2)c2cc(F)ccc21. The van der Waals surface area contributed by atoms with Gasteiger partial charge in [0, 0.05) is 36.9 Å². The van der Waals surface area contributed by atoms with Crippen LogP contribution in [0.25, 0.3) is 6.08 Å². The lowest BCUT2D eigenvalue weighted by molar-refractivity contribution is -0.137. The smallest absolute Gasteiger partial charge is 0.334 e. The van der Waals surface area contributed by atoms with Gasteiger partial charge in [0.05, 0.1) is 5.56 Å². The monoisotopic (exact) mass is 558 g/mol. The largest absolute Gasteiger partial charge is 0.416 e. The molecular weight excluding hydrogens is 532 g/mol. The number of rotatable bonds is 5. The Hall–Kier alpha value is -3.43. The van der Waals surface area contributed by atoms with Crippen molar-refractivity contribution in [3.05, 3.63) is 100 Å². The maximum Gasteiger partial charge on any atom is 0.416 e. The lowest BCUT2D eigenvalue weighted by Gasteiger charge is -2.39. The van der Waals surface area contributed by atoms with E-state index in [9.17, 15) is 22.4 Å². The topological polar surface area (TPSA) is 48.5 Å². The number of nitrogens with zero attached hydrogens (tertiary/aromatic N) is 3. The first-order valence-corrected chi connectivity index (χ1v) is 13.0. The van der Waals surface area contributed by atoms with Crippen molar-refractivity contribution < 1.29 is 22.4 Å². The number of pyridine rings is 1. The number of aromatic nitrogens is 1. The normalized spacial score (nSPS) is 17.1. The van der Waals surface area contributed by atoms with Crippen LogP contribution in [-0.2, 0) is 18.1 Å². The number of nitrogens with one attached hydrogen (secondary N) is 1. The highest BCUT2D eigenvalue weighted by Gasteiger charge is 2.46. The summed E-state index contributed by atoms with van der Waals surface area (Å²) in [6.45, 7) is 2.90. The summed E-state index contributed by atoms with van der Waals surface area (Å²) in [4.78, 5) is 21.1. The molecule has 1 aromatic heterocycles. The van der Waals surface area contributed by atoms with Gasteiger partial charge in [-0.05, 0) is 85.1 Å². The number of halogens is 5. The maximum atomic E-state index is 14.3. The third kappa shape index (κ3) is 6.09. The van der Waals surface area contributed by atoms with Crippen LogP contribution < -0.4 is 10.2 Å². The van der Waals surface area contributed by atoms with E-state index in [1.54, 1.807) is 35.4 Å². The molecule has 0 unspecified atom stereocenters. The molecule has 0 radical (unpaired) electrons. The second kappa shape index (κ2) is 11.0. The highest BCUT2D eigenvalue weighted by molar-refractivity contribution is 6.29. The van der Waals surface area contributed by atoms with Gasteiger partial charge in [-0.25, -0.2) is 14.2 Å². The summed E-state index contributed by atoms with van der Waals surface area (Å²) in [5.41, 5.74) is 2.09. The average Bonchev–Trinajstić information content (AvgIpc) is 3.21. The van der Waals surface area contributed by atoms with E-state index in [1.807, 2.05) is 12.2 Å². The molecule has 2 aliphatic rings. The van der Waals surface area contributed by atoms with E-state index in [2.05, 4.69) is 15.2 Å². The van der Waals surface area contributed by atoms with Crippen molar-refractivity contribution in [2.75, 3.05) is 31.1 Å². The van der Waals surface area contributed by atoms with Gasteiger partial charge in [0.2, 0.25) is 0 Å². The van der Waals surface area contributed by atoms with Crippen LogP contribution in [0.3, 0.4) is 0 Å². The van der Waals surface area contributed by atoms with Crippen molar-refractivity contribution in [2.24, 2.45) is 0 Å². The van der Waals surface area contributed by atoms with Crippen LogP contribution in [0, 0.1) is 5.82 Å². The number of hydrogen-bond acceptors (Lipinski definition) is 3. The Morgan fingerprint density at radius 1 is 1.08 bits per heavy atom. The molecular formula is C29H27ClF4N4O. The Morgan fingerprint density at radius 2 is 1.82 bits per heavy atom. The molecule has 10 heteroatoms. The zero-order chi connectivity index (χ0) is 27.6. The van der Waals surface area contributed by atoms with Crippen molar-refractivity contribution in [3.63, 3.8) is 0 Å². The minimum atomic E-state index is -4.35. The van der Waals surface area contributed by atoms with E-state index >= 15 is 0 Å². The van der Waals surface area contributed by atoms with Crippen molar-refractivity contribution in [2.45, 2.75) is 31.0 Å². The summed E-state index contributed by atoms with van der Waals surface area (Å²) in [7, 11) is 0. The third-order valence-electron chi connectivity index (χ3n) is 7.49. The molecule has 2 aromatic carbocycles. The molecule has 2 amide bonds. The predicted molar refractivity (Wildman–Crippen MR) is 143 cm³/mol. The molecule has 1 saturated heterocycles. The van der Waals surface area contributed by atoms with Crippen molar-refractivity contribution in [3.8, 4) is 0 Å². The van der Waals surface area contributed by atoms with Crippen LogP contribution in [0.15, 0.2) is 66.9 Å². The van der Waals surface area contributed by atoms with Gasteiger partial charge in [-0.2, -0.15) is 13.2 Å². The van der Waals surface area contributed by atoms with E-state index < -0.39 is 11.7 Å². The van der Waals surface area contributed by atoms with Gasteiger partial charge in [0.15, 0.2) is 0 Å². The van der Waals surface area contributed by atoms with Gasteiger partial charge >= 0.3 is 12.2 Å². The van der Waals surface area contributed by atoms with E-state index in [-0.39, 0.29) is 17.3 Å². The summed E-state index contributed by atoms with van der Waals surface area (Å²) in [6, 6.07) is 12.9. The average molecular weight is 559 g/mol. The molecule has 2 aliphatic heterocycles. The Balaban J connectivity index is 1.22. The summed E-state index contributed by atoms with van der Waals surface area (Å²) >= 11 is 5.95. The van der Waals surface area contributed by atoms with Crippen LogP contribution in [0.4, 0.5) is 28.0 Å². The van der Waals surface area contributed by atoms with Gasteiger partial charge in [0.25, 0.3) is 0 Å². The van der Waals surface area contributed by atoms with Gasteiger partial charge in [-0.15, -0.1) is 0 Å². The Morgan fingerprint density at radius 3 is 2.51 bits per heavy atom. The second-order valence-electron chi connectivity index (χ2n) is 10.00. The number of hydrogen-bond donors (Lipinski definition) is 1. The number of fused-ring (bicyclic) bond motifs is 2. The van der Waals surface area contributed by atoms with E-state index in [1.165, 1.54) is 18.2 Å². The van der Waals surface area contributed by atoms with Crippen LogP contribution in [0.1, 0.15) is 35.1 Å². The predicted octanol–water partition coefficient (Wildman–Crippen LogP) is 6.67. The molecule has 3 heterocycles. The zero-order valence-electron chi connectivity index (χ0n) is 21.0. The van der Waals surface area contributed by atoms with Crippen molar-refractivity contribution in [1.82, 2.24) is 15.2 Å². The number of benzene rings is 2. The Kier molecular flexibility index (Phi) is 7.64. The fourth-order valence-corrected chi connectivity index (χ4v) is 5.56. The summed E-state index contributed by atoms with van der Waals surface area (Å²) in [6.07, 6.45) is 2.49. The van der Waals surface area contributed by atoms with E-state index in [4.69, 9.17) is 11.6 Å². The number of amides is 2. The highest BCUT2D eigenvalue weighted by Crippen LogP contribution is 2.47. The van der Waals surface area contributed by atoms with Crippen LogP contribution >= 0.6 is 11.6 Å². The van der Waals surface area contributed by atoms with Crippen LogP contribution in [0.5, 0.6) is 0 Å². The molecule has 5 nitrogen and oxygen atoms in total. The fraction of sp³-hybridized carbons (Fsp3) is 0.310. The first-order chi connectivity index (χ1) is 18.6. The molecule has 204 valence electrons. The molecule has 0 bridgehead atoms. The third-order valence-corrected chi connectivity index (χ3v) is 7.69. The lowest BCUT2D eigenvalue weighted by atomic mass is 9.74. The number of likely N-dealkylation sites (tertiary alicyclic amines) is 1. The lowest BCUT2D eigenvalue weighted by Crippen LogP contribution is -2.47. The Bertz CT molecular complexity index is 1370. The second-order valence-corrected chi connectivity index (χ2v) is 10.4. The van der Waals surface area contributed by atoms with Crippen molar-refractivity contribution in [1.29, 1.82) is 0 Å². The fourth-order valence-electron chi connectivity index (χ4n) is 5.36. The molecule has 5 rings (SSSR count). The number of alkyl halides is 3.